The molecular weight excluding hydrogens is 83.5 g/mol. The van der Waals surface area contributed by atoms with Crippen molar-refractivity contribution in [1.82, 2.24) is 0 Å². The zero-order chi connectivity index (χ0) is 2.00. The molecular formula is H4ClO3-. The Labute approximate surface area is 28.6 Å². The minimum atomic E-state index is 0. The molecule has 0 fully saturated rings. The summed E-state index contributed by atoms with van der Waals surface area (Å²) in [5.74, 6) is 0. The van der Waals surface area contributed by atoms with Crippen molar-refractivity contribution in [3.8, 4) is 0 Å². The molecule has 0 aliphatic rings. The Balaban J connectivity index is -0.00000000500. The second-order valence-electron chi connectivity index (χ2n) is 0. The summed E-state index contributed by atoms with van der Waals surface area (Å²) in [6, 6.07) is 0. The fraction of sp³-hybridized carbons (Fsp3) is 0. The zero-order valence-corrected chi connectivity index (χ0v) is 2.54. The summed E-state index contributed by atoms with van der Waals surface area (Å²) in [6.07, 6.45) is 0. The summed E-state index contributed by atoms with van der Waals surface area (Å²) < 4.78 is 7.72. The number of hydrogen-bond donors (Lipinski definition) is 0. The van der Waals surface area contributed by atoms with Crippen LogP contribution in [0, 0.1) is 0 Å². The minimum Gasteiger partial charge on any atom is -0.769 e. The van der Waals surface area contributed by atoms with Gasteiger partial charge in [0, 0.05) is 0 Å². The van der Waals surface area contributed by atoms with Gasteiger partial charge in [-0.2, -0.15) is 0 Å². The maximum atomic E-state index is 7.72. The molecule has 4 N–H and O–H groups in total. The van der Waals surface area contributed by atoms with Crippen LogP contribution in [0.5, 0.6) is 0 Å². The van der Waals surface area contributed by atoms with Crippen molar-refractivity contribution in [2.24, 2.45) is 0 Å². The molecule has 0 amide bonds. The predicted molar refractivity (Wildman–Crippen MR) is 13.1 cm³/mol. The van der Waals surface area contributed by atoms with Gasteiger partial charge in [-0.3, -0.25) is 0 Å². The first-order valence-electron chi connectivity index (χ1n) is 0.154. The molecule has 0 aliphatic carbocycles. The number of hydrogen-bond acceptors (Lipinski definition) is 1. The molecule has 0 saturated heterocycles. The molecule has 0 aromatic heterocycles. The molecule has 4 heteroatoms. The molecule has 0 atom stereocenters. The van der Waals surface area contributed by atoms with Crippen LogP contribution in [0.4, 0.5) is 0 Å². The molecule has 0 heterocycles. The lowest BCUT2D eigenvalue weighted by Gasteiger charge is -1.54. The van der Waals surface area contributed by atoms with E-state index in [9.17, 15) is 0 Å². The SMILES string of the molecule is O.O.[O-]Cl. The van der Waals surface area contributed by atoms with Gasteiger partial charge in [-0.25, -0.2) is 11.9 Å². The third kappa shape index (κ3) is 103. The van der Waals surface area contributed by atoms with Gasteiger partial charge in [0.2, 0.25) is 0 Å². The average Bonchev–Trinajstić information content (AvgIpc) is 1.00. The lowest BCUT2D eigenvalue weighted by molar-refractivity contribution is -0.166. The second kappa shape index (κ2) is 517. The van der Waals surface area contributed by atoms with E-state index < -0.39 is 0 Å². The number of halogens is 1. The van der Waals surface area contributed by atoms with E-state index >= 15 is 0 Å². The van der Waals surface area contributed by atoms with Gasteiger partial charge in [0.15, 0.2) is 0 Å². The Morgan fingerprint density at radius 1 is 1.00 bits per heavy atom. The van der Waals surface area contributed by atoms with E-state index in [4.69, 9.17) is 4.66 Å². The monoisotopic (exact) mass is 87.0 g/mol. The van der Waals surface area contributed by atoms with Gasteiger partial charge in [0.05, 0.1) is 0 Å². The van der Waals surface area contributed by atoms with E-state index in [2.05, 4.69) is 11.9 Å². The molecule has 0 bridgehead atoms. The molecule has 30 valence electrons. The van der Waals surface area contributed by atoms with E-state index in [1.54, 1.807) is 0 Å². The molecule has 3 nitrogen and oxygen atoms in total. The van der Waals surface area contributed by atoms with Gasteiger partial charge < -0.3 is 15.6 Å². The third-order valence-corrected chi connectivity index (χ3v) is 0. The Hall–Kier alpha value is 0.170. The smallest absolute Gasteiger partial charge is 0.231 e. The average molecular weight is 87.5 g/mol. The number of rotatable bonds is 0. The highest BCUT2D eigenvalue weighted by atomic mass is 35.5. The maximum Gasteiger partial charge on any atom is -0.231 e. The van der Waals surface area contributed by atoms with Crippen LogP contribution in [0.15, 0.2) is 0 Å². The molecule has 0 aliphatic heterocycles. The lowest BCUT2D eigenvalue weighted by atomic mass is 15.9. The van der Waals surface area contributed by atoms with Crippen LogP contribution in [-0.4, -0.2) is 11.0 Å². The van der Waals surface area contributed by atoms with E-state index in [0.717, 1.165) is 0 Å². The lowest BCUT2D eigenvalue weighted by Crippen LogP contribution is -1.62. The van der Waals surface area contributed by atoms with Gasteiger partial charge in [-0.05, 0) is 0 Å². The highest BCUT2D eigenvalue weighted by molar-refractivity contribution is 6.02. The van der Waals surface area contributed by atoms with Crippen molar-refractivity contribution in [3.63, 3.8) is 0 Å². The van der Waals surface area contributed by atoms with Gasteiger partial charge in [0.25, 0.3) is 0 Å². The zero-order valence-electron chi connectivity index (χ0n) is 1.79. The summed E-state index contributed by atoms with van der Waals surface area (Å²) in [5.41, 5.74) is 0. The van der Waals surface area contributed by atoms with Gasteiger partial charge in [-0.15, -0.1) is 0 Å². The van der Waals surface area contributed by atoms with Crippen LogP contribution in [0.3, 0.4) is 0 Å². The third-order valence-electron chi connectivity index (χ3n) is 0. The summed E-state index contributed by atoms with van der Waals surface area (Å²) >= 11 is 3.39. The fourth-order valence-corrected chi connectivity index (χ4v) is 0. The van der Waals surface area contributed by atoms with Crippen molar-refractivity contribution in [2.75, 3.05) is 0 Å². The van der Waals surface area contributed by atoms with E-state index in [1.165, 1.54) is 0 Å². The summed E-state index contributed by atoms with van der Waals surface area (Å²) in [6.45, 7) is 0. The molecule has 0 aromatic rings. The Kier molecular flexibility index (Phi) is 3950. The van der Waals surface area contributed by atoms with E-state index in [-0.39, 0.29) is 11.0 Å². The molecule has 0 saturated carbocycles. The molecule has 0 spiro atoms. The largest absolute Gasteiger partial charge is 0.769 e. The van der Waals surface area contributed by atoms with Gasteiger partial charge in [-0.1, -0.05) is 0 Å². The normalized spacial score (nSPS) is 1.50. The quantitative estimate of drug-likeness (QED) is 0.331. The van der Waals surface area contributed by atoms with Crippen LogP contribution < -0.4 is 4.66 Å². The Bertz CT molecular complexity index is 3.25. The Morgan fingerprint density at radius 3 is 1.00 bits per heavy atom. The highest BCUT2D eigenvalue weighted by Crippen LogP contribution is 1.12. The Morgan fingerprint density at radius 2 is 1.00 bits per heavy atom. The van der Waals surface area contributed by atoms with Gasteiger partial charge in [0.1, 0.15) is 0 Å². The second-order valence-corrected chi connectivity index (χ2v) is 0. The van der Waals surface area contributed by atoms with Crippen LogP contribution in [0.25, 0.3) is 0 Å². The highest BCUT2D eigenvalue weighted by Gasteiger charge is 0.535. The fourth-order valence-electron chi connectivity index (χ4n) is 0. The van der Waals surface area contributed by atoms with Crippen molar-refractivity contribution in [2.45, 2.75) is 0 Å². The van der Waals surface area contributed by atoms with Crippen LogP contribution in [0.2, 0.25) is 0 Å². The van der Waals surface area contributed by atoms with Crippen molar-refractivity contribution in [3.05, 3.63) is 0 Å². The van der Waals surface area contributed by atoms with Crippen molar-refractivity contribution < 1.29 is 15.6 Å². The summed E-state index contributed by atoms with van der Waals surface area (Å²) in [4.78, 5) is 0. The molecule has 0 radical (unpaired) electrons. The van der Waals surface area contributed by atoms with Crippen molar-refractivity contribution >= 4 is 11.9 Å². The van der Waals surface area contributed by atoms with Crippen molar-refractivity contribution in [1.29, 1.82) is 0 Å². The van der Waals surface area contributed by atoms with Crippen LogP contribution >= 0.6 is 11.9 Å². The maximum absolute atomic E-state index is 7.72. The van der Waals surface area contributed by atoms with E-state index in [1.807, 2.05) is 0 Å². The van der Waals surface area contributed by atoms with Crippen LogP contribution in [0.1, 0.15) is 0 Å². The molecule has 4 heavy (non-hydrogen) atoms. The summed E-state index contributed by atoms with van der Waals surface area (Å²) in [5, 5.41) is 0. The first-order chi connectivity index (χ1) is 1.00. The molecule has 0 unspecified atom stereocenters. The van der Waals surface area contributed by atoms with Crippen LogP contribution in [-0.2, 0) is 0 Å². The minimum absolute atomic E-state index is 0. The predicted octanol–water partition coefficient (Wildman–Crippen LogP) is -2.15. The first kappa shape index (κ1) is 30.6. The topological polar surface area (TPSA) is 86.1 Å². The standard InChI is InChI=1S/ClO.2H2O/c1-2;;/h;2*1H2/q-1;;. The van der Waals surface area contributed by atoms with E-state index in [0.29, 0.717) is 0 Å². The van der Waals surface area contributed by atoms with Gasteiger partial charge >= 0.3 is 0 Å². The first-order valence-corrected chi connectivity index (χ1v) is 0.463. The molecule has 0 aromatic carbocycles. The summed E-state index contributed by atoms with van der Waals surface area (Å²) in [7, 11) is 0. The molecule has 0 rings (SSSR count).